The van der Waals surface area contributed by atoms with Crippen LogP contribution in [0.5, 0.6) is 11.5 Å². The Labute approximate surface area is 195 Å². The van der Waals surface area contributed by atoms with Gasteiger partial charge in [0, 0.05) is 0 Å². The number of benzene rings is 2. The molecule has 7 nitrogen and oxygen atoms in total. The number of carbonyl (C=O) groups is 3. The smallest absolute Gasteiger partial charge is 0.266 e. The van der Waals surface area contributed by atoms with Crippen molar-refractivity contribution in [2.75, 3.05) is 18.6 Å². The fourth-order valence-corrected chi connectivity index (χ4v) is 4.90. The van der Waals surface area contributed by atoms with Crippen LogP contribution in [0, 0.1) is 0 Å². The summed E-state index contributed by atoms with van der Waals surface area (Å²) in [5.41, 5.74) is 1.24. The molecule has 0 N–H and O–H groups in total. The molecule has 2 aromatic rings. The summed E-state index contributed by atoms with van der Waals surface area (Å²) < 4.78 is 10.8. The lowest BCUT2D eigenvalue weighted by Crippen LogP contribution is -2.44. The number of rotatable bonds is 6. The summed E-state index contributed by atoms with van der Waals surface area (Å²) in [5, 5.41) is 0. The van der Waals surface area contributed by atoms with E-state index in [4.69, 9.17) is 21.7 Å². The molecule has 2 aliphatic rings. The number of hydrogen-bond acceptors (Lipinski definition) is 7. The van der Waals surface area contributed by atoms with Crippen LogP contribution in [0.2, 0.25) is 0 Å². The van der Waals surface area contributed by atoms with Gasteiger partial charge in [0.2, 0.25) is 5.91 Å². The van der Waals surface area contributed by atoms with Gasteiger partial charge in [-0.2, -0.15) is 0 Å². The van der Waals surface area contributed by atoms with Crippen molar-refractivity contribution in [1.29, 1.82) is 0 Å². The number of carbonyl (C=O) groups excluding carboxylic acids is 3. The first-order valence-corrected chi connectivity index (χ1v) is 11.2. The largest absolute Gasteiger partial charge is 0.497 e. The molecule has 0 bridgehead atoms. The summed E-state index contributed by atoms with van der Waals surface area (Å²) in [7, 11) is 1.58. The Morgan fingerprint density at radius 2 is 1.72 bits per heavy atom. The normalized spacial score (nSPS) is 19.9. The monoisotopic (exact) mass is 468 g/mol. The van der Waals surface area contributed by atoms with Gasteiger partial charge in [-0.05, 0) is 55.0 Å². The molecular formula is C23H20N2O5S2. The number of imide groups is 1. The van der Waals surface area contributed by atoms with E-state index in [2.05, 4.69) is 0 Å². The van der Waals surface area contributed by atoms with Crippen LogP contribution in [0.3, 0.4) is 0 Å². The molecule has 0 spiro atoms. The van der Waals surface area contributed by atoms with Gasteiger partial charge in [0.25, 0.3) is 11.8 Å². The average molecular weight is 469 g/mol. The van der Waals surface area contributed by atoms with Gasteiger partial charge in [-0.1, -0.05) is 36.1 Å². The van der Waals surface area contributed by atoms with E-state index in [1.54, 1.807) is 49.6 Å². The molecule has 2 aromatic carbocycles. The summed E-state index contributed by atoms with van der Waals surface area (Å²) >= 11 is 6.51. The molecule has 32 heavy (non-hydrogen) atoms. The van der Waals surface area contributed by atoms with E-state index in [1.165, 1.54) is 4.90 Å². The van der Waals surface area contributed by atoms with E-state index in [0.717, 1.165) is 22.2 Å². The van der Waals surface area contributed by atoms with Crippen LogP contribution in [0.1, 0.15) is 18.9 Å². The molecule has 2 heterocycles. The molecule has 2 saturated heterocycles. The Morgan fingerprint density at radius 3 is 2.34 bits per heavy atom. The zero-order valence-electron chi connectivity index (χ0n) is 17.4. The molecule has 3 amide bonds. The Balaban J connectivity index is 1.54. The zero-order chi connectivity index (χ0) is 22.8. The molecule has 0 aliphatic carbocycles. The maximum Gasteiger partial charge on any atom is 0.266 e. The highest BCUT2D eigenvalue weighted by atomic mass is 32.2. The van der Waals surface area contributed by atoms with E-state index in [9.17, 15) is 14.4 Å². The summed E-state index contributed by atoms with van der Waals surface area (Å²) in [6, 6.07) is 13.0. The lowest BCUT2D eigenvalue weighted by atomic mass is 10.2. The maximum atomic E-state index is 13.1. The van der Waals surface area contributed by atoms with Crippen molar-refractivity contribution in [3.63, 3.8) is 0 Å². The minimum atomic E-state index is -0.955. The first-order valence-electron chi connectivity index (χ1n) is 9.93. The summed E-state index contributed by atoms with van der Waals surface area (Å²) in [6.07, 6.45) is 1.60. The second-order valence-corrected chi connectivity index (χ2v) is 8.71. The first kappa shape index (κ1) is 22.0. The quantitative estimate of drug-likeness (QED) is 0.364. The van der Waals surface area contributed by atoms with Gasteiger partial charge < -0.3 is 9.47 Å². The van der Waals surface area contributed by atoms with Crippen LogP contribution in [0.25, 0.3) is 6.08 Å². The fourth-order valence-electron chi connectivity index (χ4n) is 3.55. The third-order valence-corrected chi connectivity index (χ3v) is 6.41. The van der Waals surface area contributed by atoms with E-state index in [-0.39, 0.29) is 22.6 Å². The molecule has 1 unspecified atom stereocenters. The van der Waals surface area contributed by atoms with Gasteiger partial charge in [0.1, 0.15) is 21.9 Å². The fraction of sp³-hybridized carbons (Fsp3) is 0.217. The average Bonchev–Trinajstić information content (AvgIpc) is 3.23. The van der Waals surface area contributed by atoms with Gasteiger partial charge in [-0.25, -0.2) is 4.90 Å². The number of hydrogen-bond donors (Lipinski definition) is 0. The molecule has 0 aromatic heterocycles. The van der Waals surface area contributed by atoms with Crippen molar-refractivity contribution >= 4 is 57.8 Å². The minimum absolute atomic E-state index is 0.117. The van der Waals surface area contributed by atoms with Crippen molar-refractivity contribution in [2.45, 2.75) is 19.4 Å². The van der Waals surface area contributed by atoms with Crippen LogP contribution in [0.4, 0.5) is 5.69 Å². The molecule has 9 heteroatoms. The molecule has 0 saturated carbocycles. The van der Waals surface area contributed by atoms with Crippen molar-refractivity contribution in [3.8, 4) is 11.5 Å². The van der Waals surface area contributed by atoms with E-state index < -0.39 is 11.9 Å². The molecule has 1 atom stereocenters. The second kappa shape index (κ2) is 9.13. The number of nitrogens with zero attached hydrogens (tertiary/aromatic N) is 2. The highest BCUT2D eigenvalue weighted by molar-refractivity contribution is 8.26. The van der Waals surface area contributed by atoms with Crippen LogP contribution in [-0.4, -0.2) is 46.7 Å². The lowest BCUT2D eigenvalue weighted by molar-refractivity contribution is -0.129. The Morgan fingerprint density at radius 1 is 1.06 bits per heavy atom. The Kier molecular flexibility index (Phi) is 6.29. The summed E-state index contributed by atoms with van der Waals surface area (Å²) in [5.74, 6) is 0.126. The number of thioether (sulfide) groups is 1. The predicted octanol–water partition coefficient (Wildman–Crippen LogP) is 3.63. The first-order chi connectivity index (χ1) is 15.4. The highest BCUT2D eigenvalue weighted by Crippen LogP contribution is 2.37. The molecular weight excluding hydrogens is 448 g/mol. The number of ether oxygens (including phenoxy) is 2. The summed E-state index contributed by atoms with van der Waals surface area (Å²) in [4.78, 5) is 41.6. The lowest BCUT2D eigenvalue weighted by Gasteiger charge is -2.21. The summed E-state index contributed by atoms with van der Waals surface area (Å²) in [6.45, 7) is 2.39. The van der Waals surface area contributed by atoms with Gasteiger partial charge in [0.15, 0.2) is 0 Å². The van der Waals surface area contributed by atoms with Gasteiger partial charge >= 0.3 is 0 Å². The van der Waals surface area contributed by atoms with Crippen molar-refractivity contribution in [2.24, 2.45) is 0 Å². The second-order valence-electron chi connectivity index (χ2n) is 7.04. The number of anilines is 1. The topological polar surface area (TPSA) is 76.2 Å². The van der Waals surface area contributed by atoms with Crippen LogP contribution in [-0.2, 0) is 14.4 Å². The van der Waals surface area contributed by atoms with Crippen LogP contribution in [0.15, 0.2) is 53.4 Å². The predicted molar refractivity (Wildman–Crippen MR) is 127 cm³/mol. The zero-order valence-corrected chi connectivity index (χ0v) is 19.1. The third-order valence-electron chi connectivity index (χ3n) is 5.08. The van der Waals surface area contributed by atoms with Crippen molar-refractivity contribution in [1.82, 2.24) is 4.90 Å². The minimum Gasteiger partial charge on any atom is -0.497 e. The molecule has 164 valence electrons. The highest BCUT2D eigenvalue weighted by Gasteiger charge is 2.48. The van der Waals surface area contributed by atoms with Gasteiger partial charge in [-0.15, -0.1) is 0 Å². The Hall–Kier alpha value is -3.17. The molecule has 2 fully saturated rings. The van der Waals surface area contributed by atoms with Gasteiger partial charge in [0.05, 0.1) is 30.7 Å². The third kappa shape index (κ3) is 4.13. The van der Waals surface area contributed by atoms with E-state index >= 15 is 0 Å². The van der Waals surface area contributed by atoms with Crippen LogP contribution < -0.4 is 14.4 Å². The maximum absolute atomic E-state index is 13.1. The molecule has 0 radical (unpaired) electrons. The number of amides is 3. The van der Waals surface area contributed by atoms with Gasteiger partial charge in [-0.3, -0.25) is 19.3 Å². The van der Waals surface area contributed by atoms with Crippen molar-refractivity contribution in [3.05, 3.63) is 59.0 Å². The van der Waals surface area contributed by atoms with Crippen molar-refractivity contribution < 1.29 is 23.9 Å². The molecule has 4 rings (SSSR count). The molecule has 2 aliphatic heterocycles. The van der Waals surface area contributed by atoms with E-state index in [1.807, 2.05) is 19.1 Å². The number of thiocarbonyl (C=S) groups is 1. The Bertz CT molecular complexity index is 1110. The SMILES string of the molecule is CCOc1ccc(N2C(=O)CC(N3C(=O)/C(=C/c4ccc(OC)cc4)SC3=S)C2=O)cc1. The number of methoxy groups -OCH3 is 1. The van der Waals surface area contributed by atoms with E-state index in [0.29, 0.717) is 28.7 Å². The standard InChI is InChI=1S/C23H20N2O5S2/c1-3-30-17-10-6-15(7-11-17)24-20(26)13-18(21(24)27)25-22(28)19(32-23(25)31)12-14-4-8-16(29-2)9-5-14/h4-12,18H,3,13H2,1-2H3/b19-12-. The van der Waals surface area contributed by atoms with Crippen LogP contribution >= 0.6 is 24.0 Å².